The molecular formula is C10H4Cl2F2N2. The third-order valence-corrected chi connectivity index (χ3v) is 2.42. The van der Waals surface area contributed by atoms with Gasteiger partial charge in [0.2, 0.25) is 5.28 Å². The molecule has 16 heavy (non-hydrogen) atoms. The van der Waals surface area contributed by atoms with Crippen LogP contribution in [0.3, 0.4) is 0 Å². The first-order chi connectivity index (χ1) is 7.59. The Morgan fingerprint density at radius 2 is 1.81 bits per heavy atom. The fourth-order valence-electron chi connectivity index (χ4n) is 1.23. The highest BCUT2D eigenvalue weighted by atomic mass is 35.5. The number of halogens is 4. The average Bonchev–Trinajstić information content (AvgIpc) is 2.23. The molecule has 2 rings (SSSR count). The topological polar surface area (TPSA) is 25.8 Å². The van der Waals surface area contributed by atoms with Crippen LogP contribution in [0.4, 0.5) is 8.78 Å². The summed E-state index contributed by atoms with van der Waals surface area (Å²) >= 11 is 11.3. The summed E-state index contributed by atoms with van der Waals surface area (Å²) in [7, 11) is 0. The molecule has 2 nitrogen and oxygen atoms in total. The van der Waals surface area contributed by atoms with Gasteiger partial charge in [0.15, 0.2) is 11.6 Å². The van der Waals surface area contributed by atoms with Gasteiger partial charge in [0.1, 0.15) is 5.15 Å². The zero-order valence-corrected chi connectivity index (χ0v) is 9.23. The highest BCUT2D eigenvalue weighted by Crippen LogP contribution is 2.29. The van der Waals surface area contributed by atoms with Crippen LogP contribution in [0.2, 0.25) is 10.4 Å². The molecule has 0 aliphatic carbocycles. The van der Waals surface area contributed by atoms with E-state index in [-0.39, 0.29) is 21.6 Å². The molecule has 0 spiro atoms. The Morgan fingerprint density at radius 1 is 1.06 bits per heavy atom. The molecule has 0 fully saturated rings. The highest BCUT2D eigenvalue weighted by molar-refractivity contribution is 6.33. The van der Waals surface area contributed by atoms with Crippen molar-refractivity contribution in [2.75, 3.05) is 0 Å². The van der Waals surface area contributed by atoms with Gasteiger partial charge >= 0.3 is 0 Å². The lowest BCUT2D eigenvalue weighted by Crippen LogP contribution is -1.93. The van der Waals surface area contributed by atoms with Crippen molar-refractivity contribution in [2.45, 2.75) is 0 Å². The van der Waals surface area contributed by atoms with Crippen molar-refractivity contribution in [2.24, 2.45) is 0 Å². The second-order valence-electron chi connectivity index (χ2n) is 2.94. The minimum atomic E-state index is -0.990. The van der Waals surface area contributed by atoms with Crippen LogP contribution in [-0.4, -0.2) is 9.97 Å². The first-order valence-corrected chi connectivity index (χ1v) is 4.97. The molecule has 0 saturated carbocycles. The third-order valence-electron chi connectivity index (χ3n) is 1.95. The van der Waals surface area contributed by atoms with Crippen molar-refractivity contribution >= 4 is 23.2 Å². The molecular weight excluding hydrogens is 257 g/mol. The first kappa shape index (κ1) is 11.2. The van der Waals surface area contributed by atoms with E-state index >= 15 is 0 Å². The van der Waals surface area contributed by atoms with Gasteiger partial charge in [-0.25, -0.2) is 18.7 Å². The van der Waals surface area contributed by atoms with Crippen molar-refractivity contribution < 1.29 is 8.78 Å². The molecule has 1 aromatic heterocycles. The molecule has 0 bridgehead atoms. The van der Waals surface area contributed by atoms with E-state index in [2.05, 4.69) is 9.97 Å². The third kappa shape index (κ3) is 1.99. The van der Waals surface area contributed by atoms with Crippen LogP contribution < -0.4 is 0 Å². The summed E-state index contributed by atoms with van der Waals surface area (Å²) < 4.78 is 26.4. The Hall–Kier alpha value is -1.26. The normalized spacial score (nSPS) is 10.5. The van der Waals surface area contributed by atoms with E-state index < -0.39 is 11.6 Å². The van der Waals surface area contributed by atoms with Gasteiger partial charge in [-0.3, -0.25) is 0 Å². The van der Waals surface area contributed by atoms with Crippen molar-refractivity contribution in [3.63, 3.8) is 0 Å². The van der Waals surface area contributed by atoms with Crippen molar-refractivity contribution in [3.8, 4) is 11.1 Å². The molecule has 1 aromatic carbocycles. The molecule has 1 heterocycles. The van der Waals surface area contributed by atoms with Crippen LogP contribution >= 0.6 is 23.2 Å². The van der Waals surface area contributed by atoms with Gasteiger partial charge in [-0.1, -0.05) is 23.7 Å². The highest BCUT2D eigenvalue weighted by Gasteiger charge is 2.13. The molecule has 0 saturated heterocycles. The van der Waals surface area contributed by atoms with E-state index in [4.69, 9.17) is 23.2 Å². The number of hydrogen-bond acceptors (Lipinski definition) is 2. The monoisotopic (exact) mass is 260 g/mol. The number of hydrogen-bond donors (Lipinski definition) is 0. The SMILES string of the molecule is Fc1cccc(-c2cnc(Cl)nc2Cl)c1F. The van der Waals surface area contributed by atoms with E-state index in [1.165, 1.54) is 18.3 Å². The van der Waals surface area contributed by atoms with Crippen LogP contribution in [-0.2, 0) is 0 Å². The van der Waals surface area contributed by atoms with Gasteiger partial charge < -0.3 is 0 Å². The molecule has 0 atom stereocenters. The number of benzene rings is 1. The van der Waals surface area contributed by atoms with Crippen LogP contribution in [0.25, 0.3) is 11.1 Å². The Labute approximate surface area is 99.9 Å². The lowest BCUT2D eigenvalue weighted by Gasteiger charge is -2.05. The molecule has 2 aromatic rings. The summed E-state index contributed by atoms with van der Waals surface area (Å²) in [5.41, 5.74) is 0.199. The second-order valence-corrected chi connectivity index (χ2v) is 3.64. The predicted molar refractivity (Wildman–Crippen MR) is 57.4 cm³/mol. The van der Waals surface area contributed by atoms with Crippen molar-refractivity contribution in [1.29, 1.82) is 0 Å². The van der Waals surface area contributed by atoms with Crippen LogP contribution in [0.1, 0.15) is 0 Å². The van der Waals surface area contributed by atoms with E-state index in [0.29, 0.717) is 0 Å². The minimum absolute atomic E-state index is 0.00154. The van der Waals surface area contributed by atoms with Gasteiger partial charge in [0.05, 0.1) is 0 Å². The molecule has 0 aliphatic rings. The van der Waals surface area contributed by atoms with Gasteiger partial charge in [-0.05, 0) is 17.7 Å². The van der Waals surface area contributed by atoms with Crippen LogP contribution in [0.5, 0.6) is 0 Å². The van der Waals surface area contributed by atoms with Gasteiger partial charge in [-0.15, -0.1) is 0 Å². The smallest absolute Gasteiger partial charge is 0.223 e. The van der Waals surface area contributed by atoms with Crippen LogP contribution in [0, 0.1) is 11.6 Å². The molecule has 82 valence electrons. The summed E-state index contributed by atoms with van der Waals surface area (Å²) in [5, 5.41) is -0.0740. The maximum atomic E-state index is 13.4. The fourth-order valence-corrected chi connectivity index (χ4v) is 1.64. The lowest BCUT2D eigenvalue weighted by molar-refractivity contribution is 0.511. The number of nitrogens with zero attached hydrogens (tertiary/aromatic N) is 2. The Kier molecular flexibility index (Phi) is 3.03. The Bertz CT molecular complexity index is 546. The average molecular weight is 261 g/mol. The summed E-state index contributed by atoms with van der Waals surface area (Å²) in [5.74, 6) is -1.95. The Morgan fingerprint density at radius 3 is 2.50 bits per heavy atom. The lowest BCUT2D eigenvalue weighted by atomic mass is 10.1. The maximum absolute atomic E-state index is 13.4. The van der Waals surface area contributed by atoms with Gasteiger partial charge in [0.25, 0.3) is 0 Å². The standard InChI is InChI=1S/C10H4Cl2F2N2/c11-9-6(4-15-10(12)16-9)5-2-1-3-7(13)8(5)14/h1-4H. The fraction of sp³-hybridized carbons (Fsp3) is 0. The summed E-state index contributed by atoms with van der Waals surface area (Å²) in [6.07, 6.45) is 1.25. The maximum Gasteiger partial charge on any atom is 0.223 e. The van der Waals surface area contributed by atoms with Gasteiger partial charge in [0, 0.05) is 17.3 Å². The van der Waals surface area contributed by atoms with Crippen LogP contribution in [0.15, 0.2) is 24.4 Å². The number of aromatic nitrogens is 2. The second kappa shape index (κ2) is 4.31. The van der Waals surface area contributed by atoms with E-state index in [9.17, 15) is 8.78 Å². The zero-order chi connectivity index (χ0) is 11.7. The summed E-state index contributed by atoms with van der Waals surface area (Å²) in [6.45, 7) is 0. The van der Waals surface area contributed by atoms with E-state index in [0.717, 1.165) is 6.07 Å². The minimum Gasteiger partial charge on any atom is -0.226 e. The van der Waals surface area contributed by atoms with E-state index in [1.807, 2.05) is 0 Å². The number of rotatable bonds is 1. The van der Waals surface area contributed by atoms with Crippen molar-refractivity contribution in [3.05, 3.63) is 46.5 Å². The Balaban J connectivity index is 2.63. The first-order valence-electron chi connectivity index (χ1n) is 4.22. The summed E-state index contributed by atoms with van der Waals surface area (Å²) in [6, 6.07) is 3.78. The largest absolute Gasteiger partial charge is 0.226 e. The summed E-state index contributed by atoms with van der Waals surface area (Å²) in [4.78, 5) is 7.32. The predicted octanol–water partition coefficient (Wildman–Crippen LogP) is 3.73. The molecule has 0 unspecified atom stereocenters. The van der Waals surface area contributed by atoms with Crippen molar-refractivity contribution in [1.82, 2.24) is 9.97 Å². The quantitative estimate of drug-likeness (QED) is 0.577. The molecule has 0 amide bonds. The van der Waals surface area contributed by atoms with E-state index in [1.54, 1.807) is 0 Å². The molecule has 0 N–H and O–H groups in total. The molecule has 6 heteroatoms. The molecule has 0 aliphatic heterocycles. The zero-order valence-electron chi connectivity index (χ0n) is 7.72. The molecule has 0 radical (unpaired) electrons. The van der Waals surface area contributed by atoms with Gasteiger partial charge in [-0.2, -0.15) is 0 Å².